The van der Waals surface area contributed by atoms with Gasteiger partial charge in [-0.3, -0.25) is 9.59 Å². The van der Waals surface area contributed by atoms with Crippen molar-refractivity contribution in [3.63, 3.8) is 0 Å². The predicted molar refractivity (Wildman–Crippen MR) is 130 cm³/mol. The van der Waals surface area contributed by atoms with E-state index in [0.29, 0.717) is 35.6 Å². The fourth-order valence-electron chi connectivity index (χ4n) is 5.61. The van der Waals surface area contributed by atoms with Crippen molar-refractivity contribution in [1.82, 2.24) is 5.32 Å². The van der Waals surface area contributed by atoms with Crippen LogP contribution in [-0.2, 0) is 23.9 Å². The fourth-order valence-corrected chi connectivity index (χ4v) is 5.61. The zero-order valence-electron chi connectivity index (χ0n) is 21.0. The van der Waals surface area contributed by atoms with E-state index >= 15 is 0 Å². The third kappa shape index (κ3) is 5.00. The number of hydrogen-bond acceptors (Lipinski definition) is 7. The molecule has 3 atom stereocenters. The van der Waals surface area contributed by atoms with Crippen molar-refractivity contribution in [2.75, 3.05) is 13.7 Å². The van der Waals surface area contributed by atoms with E-state index in [4.69, 9.17) is 14.2 Å². The van der Waals surface area contributed by atoms with Gasteiger partial charge in [0.25, 0.3) is 0 Å². The first-order chi connectivity index (χ1) is 16.8. The van der Waals surface area contributed by atoms with E-state index < -0.39 is 23.8 Å². The molecule has 0 unspecified atom stereocenters. The molecule has 0 radical (unpaired) electrons. The van der Waals surface area contributed by atoms with Gasteiger partial charge in [0.05, 0.1) is 19.3 Å². The number of nitrogens with one attached hydrogen (secondary N) is 1. The van der Waals surface area contributed by atoms with Crippen molar-refractivity contribution in [2.45, 2.75) is 71.3 Å². The number of benzene rings is 1. The monoisotopic (exact) mass is 481 g/mol. The van der Waals surface area contributed by atoms with Crippen molar-refractivity contribution in [3.8, 4) is 5.75 Å². The van der Waals surface area contributed by atoms with Gasteiger partial charge in [0, 0.05) is 22.9 Å². The number of ether oxygens (including phenoxy) is 3. The van der Waals surface area contributed by atoms with Gasteiger partial charge >= 0.3 is 11.9 Å². The van der Waals surface area contributed by atoms with Crippen LogP contribution in [0.2, 0.25) is 0 Å². The van der Waals surface area contributed by atoms with E-state index in [2.05, 4.69) is 5.32 Å². The molecule has 7 nitrogen and oxygen atoms in total. The van der Waals surface area contributed by atoms with Gasteiger partial charge in [-0.25, -0.2) is 4.79 Å². The van der Waals surface area contributed by atoms with Gasteiger partial charge in [-0.1, -0.05) is 25.5 Å². The summed E-state index contributed by atoms with van der Waals surface area (Å²) < 4.78 is 16.5. The number of ketones is 1. The molecular weight excluding hydrogens is 446 g/mol. The molecule has 0 spiro atoms. The summed E-state index contributed by atoms with van der Waals surface area (Å²) in [5.41, 5.74) is 3.09. The van der Waals surface area contributed by atoms with E-state index in [1.165, 1.54) is 7.11 Å². The molecule has 0 saturated heterocycles. The van der Waals surface area contributed by atoms with Crippen LogP contribution in [0.15, 0.2) is 46.8 Å². The third-order valence-corrected chi connectivity index (χ3v) is 7.31. The number of hydrogen-bond donors (Lipinski definition) is 1. The summed E-state index contributed by atoms with van der Waals surface area (Å²) >= 11 is 0. The average Bonchev–Trinajstić information content (AvgIpc) is 2.84. The first kappa shape index (κ1) is 25.0. The molecule has 35 heavy (non-hydrogen) atoms. The van der Waals surface area contributed by atoms with E-state index in [1.54, 1.807) is 0 Å². The second-order valence-electron chi connectivity index (χ2n) is 9.70. The number of Topliss-reactive ketones (excluding diaryl/α,β-unsaturated/α-hetero) is 1. The number of methoxy groups -OCH3 is 1. The Labute approximate surface area is 206 Å². The Morgan fingerprint density at radius 1 is 1.09 bits per heavy atom. The number of allylic oxidation sites excluding steroid dienone is 3. The first-order valence-corrected chi connectivity index (χ1v) is 12.6. The summed E-state index contributed by atoms with van der Waals surface area (Å²) in [6.07, 6.45) is 5.35. The molecule has 1 aromatic rings. The number of esters is 2. The lowest BCUT2D eigenvalue weighted by molar-refractivity contribution is -0.151. The van der Waals surface area contributed by atoms with E-state index in [1.807, 2.05) is 45.0 Å². The highest BCUT2D eigenvalue weighted by molar-refractivity contribution is 6.12. The molecule has 2 aliphatic carbocycles. The summed E-state index contributed by atoms with van der Waals surface area (Å²) in [7, 11) is 1.30. The standard InChI is InChI=1S/C28H35NO6/c1-5-34-19-13-11-18(12-14-19)24-23(28(32)35-20-9-7-6-8-10-20)17(3)29-21-15-16(2)22(27(31)33-4)26(30)25(21)24/h11-14,16,20,22,24,29H,5-10,15H2,1-4H3/t16-,22-,24-/m0/s1. The summed E-state index contributed by atoms with van der Waals surface area (Å²) in [4.78, 5) is 39.9. The Balaban J connectivity index is 1.77. The molecule has 4 rings (SSSR count). The van der Waals surface area contributed by atoms with Crippen LogP contribution in [0.5, 0.6) is 5.75 Å². The van der Waals surface area contributed by atoms with E-state index in [9.17, 15) is 14.4 Å². The molecular formula is C28H35NO6. The smallest absolute Gasteiger partial charge is 0.337 e. The zero-order valence-corrected chi connectivity index (χ0v) is 21.0. The first-order valence-electron chi connectivity index (χ1n) is 12.6. The number of dihydropyridines is 1. The van der Waals surface area contributed by atoms with Crippen molar-refractivity contribution < 1.29 is 28.6 Å². The second-order valence-corrected chi connectivity index (χ2v) is 9.70. The van der Waals surface area contributed by atoms with Crippen LogP contribution in [0.1, 0.15) is 70.8 Å². The largest absolute Gasteiger partial charge is 0.494 e. The minimum absolute atomic E-state index is 0.113. The molecule has 0 bridgehead atoms. The fraction of sp³-hybridized carbons (Fsp3) is 0.536. The molecule has 1 aliphatic heterocycles. The molecule has 0 amide bonds. The maximum Gasteiger partial charge on any atom is 0.337 e. The highest BCUT2D eigenvalue weighted by Crippen LogP contribution is 2.46. The molecule has 1 heterocycles. The average molecular weight is 482 g/mol. The SMILES string of the molecule is CCOc1ccc([C@H]2C(C(=O)OC3CCCCC3)=C(C)NC3=C2C(=O)[C@@H](C(=O)OC)[C@@H](C)C3)cc1. The maximum absolute atomic E-state index is 13.8. The minimum Gasteiger partial charge on any atom is -0.494 e. The summed E-state index contributed by atoms with van der Waals surface area (Å²) in [5.74, 6) is -2.30. The molecule has 1 aromatic carbocycles. The Bertz CT molecular complexity index is 1050. The lowest BCUT2D eigenvalue weighted by Gasteiger charge is -2.38. The number of carbonyl (C=O) groups excluding carboxylic acids is 3. The molecule has 3 aliphatic rings. The van der Waals surface area contributed by atoms with Gasteiger partial charge in [-0.15, -0.1) is 0 Å². The van der Waals surface area contributed by atoms with Gasteiger partial charge in [0.1, 0.15) is 17.8 Å². The molecule has 1 saturated carbocycles. The number of rotatable bonds is 6. The quantitative estimate of drug-likeness (QED) is 0.470. The van der Waals surface area contributed by atoms with Crippen molar-refractivity contribution in [1.29, 1.82) is 0 Å². The van der Waals surface area contributed by atoms with Gasteiger partial charge in [-0.2, -0.15) is 0 Å². The van der Waals surface area contributed by atoms with Crippen LogP contribution < -0.4 is 10.1 Å². The Hall–Kier alpha value is -3.09. The van der Waals surface area contributed by atoms with Gasteiger partial charge in [-0.05, 0) is 69.6 Å². The van der Waals surface area contributed by atoms with Crippen LogP contribution in [0, 0.1) is 11.8 Å². The third-order valence-electron chi connectivity index (χ3n) is 7.31. The van der Waals surface area contributed by atoms with Crippen molar-refractivity contribution in [3.05, 3.63) is 52.4 Å². The van der Waals surface area contributed by atoms with Crippen LogP contribution in [0.25, 0.3) is 0 Å². The molecule has 1 N–H and O–H groups in total. The minimum atomic E-state index is -0.903. The second kappa shape index (κ2) is 10.7. The topological polar surface area (TPSA) is 90.9 Å². The maximum atomic E-state index is 13.8. The Morgan fingerprint density at radius 3 is 2.40 bits per heavy atom. The van der Waals surface area contributed by atoms with Gasteiger partial charge in [0.15, 0.2) is 5.78 Å². The lowest BCUT2D eigenvalue weighted by atomic mass is 9.69. The predicted octanol–water partition coefficient (Wildman–Crippen LogP) is 4.57. The summed E-state index contributed by atoms with van der Waals surface area (Å²) in [5, 5.41) is 3.32. The Morgan fingerprint density at radius 2 is 1.77 bits per heavy atom. The van der Waals surface area contributed by atoms with Crippen LogP contribution in [0.3, 0.4) is 0 Å². The highest BCUT2D eigenvalue weighted by atomic mass is 16.5. The normalized spacial score (nSPS) is 25.0. The molecule has 7 heteroatoms. The summed E-state index contributed by atoms with van der Waals surface area (Å²) in [6, 6.07) is 7.44. The van der Waals surface area contributed by atoms with Crippen LogP contribution >= 0.6 is 0 Å². The highest BCUT2D eigenvalue weighted by Gasteiger charge is 2.47. The van der Waals surface area contributed by atoms with E-state index in [0.717, 1.165) is 43.4 Å². The Kier molecular flexibility index (Phi) is 7.63. The van der Waals surface area contributed by atoms with Crippen LogP contribution in [-0.4, -0.2) is 37.5 Å². The van der Waals surface area contributed by atoms with Crippen molar-refractivity contribution >= 4 is 17.7 Å². The lowest BCUT2D eigenvalue weighted by Crippen LogP contribution is -2.43. The molecule has 188 valence electrons. The van der Waals surface area contributed by atoms with E-state index in [-0.39, 0.29) is 17.8 Å². The zero-order chi connectivity index (χ0) is 25.1. The number of carbonyl (C=O) groups is 3. The van der Waals surface area contributed by atoms with Gasteiger partial charge < -0.3 is 19.5 Å². The molecule has 0 aromatic heterocycles. The summed E-state index contributed by atoms with van der Waals surface area (Å²) in [6.45, 7) is 6.18. The van der Waals surface area contributed by atoms with Gasteiger partial charge in [0.2, 0.25) is 0 Å². The van der Waals surface area contributed by atoms with Crippen molar-refractivity contribution in [2.24, 2.45) is 11.8 Å². The van der Waals surface area contributed by atoms with Crippen LogP contribution in [0.4, 0.5) is 0 Å². The molecule has 1 fully saturated rings.